The van der Waals surface area contributed by atoms with Crippen molar-refractivity contribution in [1.29, 1.82) is 5.26 Å². The van der Waals surface area contributed by atoms with E-state index in [0.717, 1.165) is 5.56 Å². The Hall–Kier alpha value is -2.87. The molecule has 1 heterocycles. The molecule has 0 fully saturated rings. The molecule has 0 aliphatic heterocycles. The summed E-state index contributed by atoms with van der Waals surface area (Å²) in [5.74, 6) is -0.0934. The zero-order valence-corrected chi connectivity index (χ0v) is 12.1. The van der Waals surface area contributed by atoms with Gasteiger partial charge in [0.1, 0.15) is 11.6 Å². The van der Waals surface area contributed by atoms with E-state index in [-0.39, 0.29) is 11.5 Å². The monoisotopic (exact) mass is 281 g/mol. The molecule has 0 spiro atoms. The van der Waals surface area contributed by atoms with Gasteiger partial charge in [-0.1, -0.05) is 12.1 Å². The van der Waals surface area contributed by atoms with Crippen LogP contribution >= 0.6 is 0 Å². The zero-order chi connectivity index (χ0) is 15.6. The number of amides is 1. The van der Waals surface area contributed by atoms with Gasteiger partial charge >= 0.3 is 0 Å². The lowest BCUT2D eigenvalue weighted by molar-refractivity contribution is 0.0827. The van der Waals surface area contributed by atoms with Crippen molar-refractivity contribution in [3.05, 3.63) is 57.5 Å². The van der Waals surface area contributed by atoms with E-state index in [1.165, 1.54) is 4.90 Å². The van der Waals surface area contributed by atoms with Crippen LogP contribution in [0.25, 0.3) is 11.1 Å². The van der Waals surface area contributed by atoms with Crippen molar-refractivity contribution < 1.29 is 4.79 Å². The van der Waals surface area contributed by atoms with Crippen molar-refractivity contribution in [3.8, 4) is 17.2 Å². The van der Waals surface area contributed by atoms with Crippen LogP contribution in [0.5, 0.6) is 0 Å². The number of carbonyl (C=O) groups is 1. The summed E-state index contributed by atoms with van der Waals surface area (Å²) in [4.78, 5) is 27.7. The predicted molar refractivity (Wildman–Crippen MR) is 80.0 cm³/mol. The lowest BCUT2D eigenvalue weighted by Crippen LogP contribution is -2.21. The molecule has 0 unspecified atom stereocenters. The Morgan fingerprint density at radius 1 is 1.24 bits per heavy atom. The Morgan fingerprint density at radius 3 is 2.38 bits per heavy atom. The van der Waals surface area contributed by atoms with E-state index in [2.05, 4.69) is 4.98 Å². The van der Waals surface area contributed by atoms with Crippen molar-refractivity contribution in [2.24, 2.45) is 0 Å². The summed E-state index contributed by atoms with van der Waals surface area (Å²) in [6, 6.07) is 10.5. The maximum atomic E-state index is 11.8. The maximum absolute atomic E-state index is 11.8. The molecular weight excluding hydrogens is 266 g/mol. The van der Waals surface area contributed by atoms with E-state index in [0.29, 0.717) is 16.8 Å². The summed E-state index contributed by atoms with van der Waals surface area (Å²) in [5, 5.41) is 9.14. The van der Waals surface area contributed by atoms with Gasteiger partial charge in [0.25, 0.3) is 11.5 Å². The van der Waals surface area contributed by atoms with E-state index in [4.69, 9.17) is 5.26 Å². The second-order valence-electron chi connectivity index (χ2n) is 4.96. The van der Waals surface area contributed by atoms with Crippen molar-refractivity contribution in [1.82, 2.24) is 9.88 Å². The summed E-state index contributed by atoms with van der Waals surface area (Å²) in [6.45, 7) is 1.76. The number of H-pyrrole nitrogens is 1. The second kappa shape index (κ2) is 5.63. The number of aromatic nitrogens is 1. The zero-order valence-electron chi connectivity index (χ0n) is 12.1. The Morgan fingerprint density at radius 2 is 1.86 bits per heavy atom. The largest absolute Gasteiger partial charge is 0.345 e. The number of nitrogens with one attached hydrogen (secondary N) is 1. The molecule has 0 aliphatic carbocycles. The lowest BCUT2D eigenvalue weighted by atomic mass is 9.99. The second-order valence-corrected chi connectivity index (χ2v) is 4.96. The molecule has 0 atom stereocenters. The summed E-state index contributed by atoms with van der Waals surface area (Å²) >= 11 is 0. The number of carbonyl (C=O) groups excluding carboxylic acids is 1. The first-order chi connectivity index (χ1) is 9.93. The number of nitriles is 1. The van der Waals surface area contributed by atoms with Gasteiger partial charge in [0, 0.05) is 30.9 Å². The normalized spacial score (nSPS) is 10.0. The molecule has 1 aromatic carbocycles. The molecule has 21 heavy (non-hydrogen) atoms. The Labute approximate surface area is 122 Å². The van der Waals surface area contributed by atoms with Gasteiger partial charge in [-0.2, -0.15) is 5.26 Å². The van der Waals surface area contributed by atoms with Gasteiger partial charge in [0.15, 0.2) is 0 Å². The minimum atomic E-state index is -0.402. The number of aromatic amines is 1. The predicted octanol–water partition coefficient (Wildman–Crippen LogP) is 1.92. The van der Waals surface area contributed by atoms with Gasteiger partial charge in [-0.15, -0.1) is 0 Å². The number of hydrogen-bond acceptors (Lipinski definition) is 3. The summed E-state index contributed by atoms with van der Waals surface area (Å²) in [6.07, 6.45) is 0. The maximum Gasteiger partial charge on any atom is 0.266 e. The fourth-order valence-corrected chi connectivity index (χ4v) is 2.08. The van der Waals surface area contributed by atoms with Gasteiger partial charge in [0.2, 0.25) is 0 Å². The first kappa shape index (κ1) is 14.5. The smallest absolute Gasteiger partial charge is 0.266 e. The van der Waals surface area contributed by atoms with Crippen LogP contribution in [0.4, 0.5) is 0 Å². The lowest BCUT2D eigenvalue weighted by Gasteiger charge is -2.11. The van der Waals surface area contributed by atoms with E-state index in [1.54, 1.807) is 51.4 Å². The third-order valence-electron chi connectivity index (χ3n) is 3.13. The molecule has 0 bridgehead atoms. The summed E-state index contributed by atoms with van der Waals surface area (Å²) in [5.41, 5.74) is 2.22. The Bertz CT molecular complexity index is 781. The number of hydrogen-bond donors (Lipinski definition) is 1. The molecule has 0 saturated carbocycles. The highest BCUT2D eigenvalue weighted by molar-refractivity contribution is 5.94. The quantitative estimate of drug-likeness (QED) is 0.913. The fraction of sp³-hybridized carbons (Fsp3) is 0.188. The van der Waals surface area contributed by atoms with Crippen LogP contribution < -0.4 is 5.56 Å². The molecule has 2 rings (SSSR count). The number of nitrogens with zero attached hydrogens (tertiary/aromatic N) is 2. The molecule has 1 amide bonds. The minimum Gasteiger partial charge on any atom is -0.345 e. The van der Waals surface area contributed by atoms with Crippen LogP contribution in [-0.4, -0.2) is 29.9 Å². The van der Waals surface area contributed by atoms with Gasteiger partial charge in [-0.25, -0.2) is 0 Å². The van der Waals surface area contributed by atoms with Crippen molar-refractivity contribution in [2.75, 3.05) is 14.1 Å². The van der Waals surface area contributed by atoms with Crippen LogP contribution in [0.1, 0.15) is 21.6 Å². The molecule has 0 saturated heterocycles. The third kappa shape index (κ3) is 2.84. The van der Waals surface area contributed by atoms with E-state index >= 15 is 0 Å². The molecule has 5 heteroatoms. The minimum absolute atomic E-state index is 0.0762. The fourth-order valence-electron chi connectivity index (χ4n) is 2.08. The molecule has 106 valence electrons. The molecule has 0 aliphatic rings. The van der Waals surface area contributed by atoms with Crippen LogP contribution in [-0.2, 0) is 0 Å². The van der Waals surface area contributed by atoms with E-state index in [1.807, 2.05) is 6.07 Å². The summed E-state index contributed by atoms with van der Waals surface area (Å²) < 4.78 is 0. The molecule has 1 aromatic heterocycles. The standard InChI is InChI=1S/C16H15N3O2/c1-10-8-13(14(9-17)15(20)18-10)11-4-6-12(7-5-11)16(21)19(2)3/h4-8H,1-3H3,(H,18,20). The highest BCUT2D eigenvalue weighted by Gasteiger charge is 2.12. The molecule has 5 nitrogen and oxygen atoms in total. The SMILES string of the molecule is Cc1cc(-c2ccc(C(=O)N(C)C)cc2)c(C#N)c(=O)[nH]1. The van der Waals surface area contributed by atoms with Crippen LogP contribution in [0, 0.1) is 18.3 Å². The van der Waals surface area contributed by atoms with Crippen molar-refractivity contribution in [2.45, 2.75) is 6.92 Å². The van der Waals surface area contributed by atoms with Crippen LogP contribution in [0.2, 0.25) is 0 Å². The first-order valence-corrected chi connectivity index (χ1v) is 6.40. The van der Waals surface area contributed by atoms with Crippen LogP contribution in [0.3, 0.4) is 0 Å². The first-order valence-electron chi connectivity index (χ1n) is 6.40. The van der Waals surface area contributed by atoms with E-state index < -0.39 is 5.56 Å². The highest BCUT2D eigenvalue weighted by Crippen LogP contribution is 2.22. The van der Waals surface area contributed by atoms with Gasteiger partial charge in [0.05, 0.1) is 0 Å². The molecule has 2 aromatic rings. The Kier molecular flexibility index (Phi) is 3.90. The number of pyridine rings is 1. The Balaban J connectivity index is 2.52. The molecular formula is C16H15N3O2. The van der Waals surface area contributed by atoms with Gasteiger partial charge in [-0.05, 0) is 30.7 Å². The molecule has 1 N–H and O–H groups in total. The number of aryl methyl sites for hydroxylation is 1. The number of benzene rings is 1. The van der Waals surface area contributed by atoms with Crippen molar-refractivity contribution >= 4 is 5.91 Å². The summed E-state index contributed by atoms with van der Waals surface area (Å²) in [7, 11) is 3.37. The topological polar surface area (TPSA) is 77.0 Å². The van der Waals surface area contributed by atoms with E-state index in [9.17, 15) is 9.59 Å². The molecule has 0 radical (unpaired) electrons. The average Bonchev–Trinajstić information content (AvgIpc) is 2.46. The average molecular weight is 281 g/mol. The third-order valence-corrected chi connectivity index (χ3v) is 3.13. The van der Waals surface area contributed by atoms with Crippen LogP contribution in [0.15, 0.2) is 35.1 Å². The van der Waals surface area contributed by atoms with Gasteiger partial charge < -0.3 is 9.88 Å². The van der Waals surface area contributed by atoms with Crippen molar-refractivity contribution in [3.63, 3.8) is 0 Å². The number of rotatable bonds is 2. The highest BCUT2D eigenvalue weighted by atomic mass is 16.2. The van der Waals surface area contributed by atoms with Gasteiger partial charge in [-0.3, -0.25) is 9.59 Å².